The van der Waals surface area contributed by atoms with Crippen LogP contribution in [0.15, 0.2) is 0 Å². The molecule has 0 fully saturated rings. The Labute approximate surface area is 150 Å². The Hall–Kier alpha value is 0.440. The molecule has 0 bridgehead atoms. The van der Waals surface area contributed by atoms with Gasteiger partial charge in [0.05, 0.1) is 0 Å². The van der Waals surface area contributed by atoms with Crippen molar-refractivity contribution in [2.75, 3.05) is 14.1 Å². The molecule has 1 unspecified atom stereocenters. The average molecular weight is 378 g/mol. The molecular weight excluding hydrogens is 334 g/mol. The van der Waals surface area contributed by atoms with Crippen LogP contribution in [0.25, 0.3) is 0 Å². The fourth-order valence-electron chi connectivity index (χ4n) is 2.59. The zero-order valence-electron chi connectivity index (χ0n) is 16.1. The van der Waals surface area contributed by atoms with E-state index in [0.717, 1.165) is 4.83 Å². The van der Waals surface area contributed by atoms with Crippen LogP contribution in [0.2, 0.25) is 0 Å². The molecule has 22 heavy (non-hydrogen) atoms. The minimum Gasteiger partial charge on any atom is -0.323 e. The predicted octanol–water partition coefficient (Wildman–Crippen LogP) is 7.48. The molecule has 0 amide bonds. The Morgan fingerprint density at radius 2 is 0.955 bits per heavy atom. The molecule has 2 heteroatoms. The van der Waals surface area contributed by atoms with Crippen molar-refractivity contribution in [3.63, 3.8) is 0 Å². The van der Waals surface area contributed by atoms with Crippen LogP contribution in [0.1, 0.15) is 110 Å². The third kappa shape index (κ3) is 25.4. The van der Waals surface area contributed by atoms with E-state index in [1.807, 2.05) is 14.1 Å². The van der Waals surface area contributed by atoms with Gasteiger partial charge in [-0.1, -0.05) is 113 Å². The Kier molecular flexibility index (Phi) is 26.6. The number of halogens is 1. The van der Waals surface area contributed by atoms with E-state index in [1.165, 1.54) is 96.3 Å². The van der Waals surface area contributed by atoms with Gasteiger partial charge in [0.2, 0.25) is 0 Å². The lowest BCUT2D eigenvalue weighted by Gasteiger charge is -2.06. The SMILES string of the molecule is CCCCCCCCCCCCCCCC(Br)CC.CNC. The van der Waals surface area contributed by atoms with Gasteiger partial charge >= 0.3 is 0 Å². The molecule has 0 radical (unpaired) electrons. The summed E-state index contributed by atoms with van der Waals surface area (Å²) in [4.78, 5) is 0.764. The van der Waals surface area contributed by atoms with Gasteiger partial charge in [-0.3, -0.25) is 0 Å². The first kappa shape index (κ1) is 24.7. The Balaban J connectivity index is 0. The van der Waals surface area contributed by atoms with E-state index in [-0.39, 0.29) is 0 Å². The molecule has 0 aliphatic rings. The van der Waals surface area contributed by atoms with E-state index < -0.39 is 0 Å². The number of nitrogens with one attached hydrogen (secondary N) is 1. The molecule has 0 saturated heterocycles. The summed E-state index contributed by atoms with van der Waals surface area (Å²) in [6.45, 7) is 4.56. The lowest BCUT2D eigenvalue weighted by Crippen LogP contribution is -1.94. The standard InChI is InChI=1S/C18H37Br.C2H7N/c1-3-5-6-7-8-9-10-11-12-13-14-15-16-17-18(19)4-2;1-3-2/h18H,3-17H2,1-2H3;3H,1-2H3. The summed E-state index contributed by atoms with van der Waals surface area (Å²) in [5.41, 5.74) is 0. The number of rotatable bonds is 15. The molecule has 1 nitrogen and oxygen atoms in total. The molecule has 0 rings (SSSR count). The summed E-state index contributed by atoms with van der Waals surface area (Å²) in [6, 6.07) is 0. The zero-order chi connectivity index (χ0) is 16.9. The third-order valence-electron chi connectivity index (χ3n) is 4.06. The summed E-state index contributed by atoms with van der Waals surface area (Å²) in [6.07, 6.45) is 21.6. The highest BCUT2D eigenvalue weighted by molar-refractivity contribution is 9.09. The maximum absolute atomic E-state index is 3.71. The van der Waals surface area contributed by atoms with Crippen LogP contribution in [0.5, 0.6) is 0 Å². The minimum absolute atomic E-state index is 0.764. The number of hydrogen-bond donors (Lipinski definition) is 1. The van der Waals surface area contributed by atoms with Crippen LogP contribution >= 0.6 is 15.9 Å². The highest BCUT2D eigenvalue weighted by Crippen LogP contribution is 2.16. The van der Waals surface area contributed by atoms with Gasteiger partial charge in [0, 0.05) is 4.83 Å². The molecule has 0 aromatic carbocycles. The molecule has 0 spiro atoms. The normalized spacial score (nSPS) is 11.9. The number of unbranched alkanes of at least 4 members (excludes halogenated alkanes) is 12. The molecule has 0 aromatic rings. The highest BCUT2D eigenvalue weighted by atomic mass is 79.9. The van der Waals surface area contributed by atoms with E-state index in [2.05, 4.69) is 35.1 Å². The third-order valence-corrected chi connectivity index (χ3v) is 5.17. The first-order valence-electron chi connectivity index (χ1n) is 9.95. The molecule has 0 saturated carbocycles. The van der Waals surface area contributed by atoms with Crippen LogP contribution < -0.4 is 5.32 Å². The van der Waals surface area contributed by atoms with Gasteiger partial charge in [0.15, 0.2) is 0 Å². The van der Waals surface area contributed by atoms with Gasteiger partial charge in [-0.15, -0.1) is 0 Å². The fraction of sp³-hybridized carbons (Fsp3) is 1.00. The topological polar surface area (TPSA) is 12.0 Å². The second-order valence-corrected chi connectivity index (χ2v) is 7.83. The molecular formula is C20H44BrN. The lowest BCUT2D eigenvalue weighted by atomic mass is 10.0. The fourth-order valence-corrected chi connectivity index (χ4v) is 2.91. The van der Waals surface area contributed by atoms with Crippen molar-refractivity contribution in [1.29, 1.82) is 0 Å². The van der Waals surface area contributed by atoms with Gasteiger partial charge < -0.3 is 5.32 Å². The molecule has 1 N–H and O–H groups in total. The van der Waals surface area contributed by atoms with Gasteiger partial charge in [-0.25, -0.2) is 0 Å². The van der Waals surface area contributed by atoms with Gasteiger partial charge in [0.1, 0.15) is 0 Å². The lowest BCUT2D eigenvalue weighted by molar-refractivity contribution is 0.533. The van der Waals surface area contributed by atoms with E-state index in [9.17, 15) is 0 Å². The van der Waals surface area contributed by atoms with Gasteiger partial charge in [-0.2, -0.15) is 0 Å². The maximum atomic E-state index is 3.71. The van der Waals surface area contributed by atoms with Gasteiger partial charge in [-0.05, 0) is 26.9 Å². The summed E-state index contributed by atoms with van der Waals surface area (Å²) >= 11 is 3.71. The van der Waals surface area contributed by atoms with Crippen LogP contribution in [0, 0.1) is 0 Å². The summed E-state index contributed by atoms with van der Waals surface area (Å²) in [5.74, 6) is 0. The predicted molar refractivity (Wildman–Crippen MR) is 108 cm³/mol. The molecule has 1 atom stereocenters. The number of alkyl halides is 1. The quantitative estimate of drug-likeness (QED) is 0.230. The molecule has 136 valence electrons. The van der Waals surface area contributed by atoms with Crippen LogP contribution in [0.3, 0.4) is 0 Å². The minimum atomic E-state index is 0.764. The molecule has 0 aliphatic heterocycles. The summed E-state index contributed by atoms with van der Waals surface area (Å²) in [5, 5.41) is 2.75. The van der Waals surface area contributed by atoms with Gasteiger partial charge in [0.25, 0.3) is 0 Å². The van der Waals surface area contributed by atoms with E-state index >= 15 is 0 Å². The Bertz CT molecular complexity index is 173. The molecule has 0 heterocycles. The Morgan fingerprint density at radius 1 is 0.636 bits per heavy atom. The molecule has 0 aromatic heterocycles. The summed E-state index contributed by atoms with van der Waals surface area (Å²) in [7, 11) is 3.75. The first-order valence-corrected chi connectivity index (χ1v) is 10.9. The Morgan fingerprint density at radius 3 is 1.27 bits per heavy atom. The summed E-state index contributed by atoms with van der Waals surface area (Å²) < 4.78 is 0. The monoisotopic (exact) mass is 377 g/mol. The van der Waals surface area contributed by atoms with Crippen LogP contribution in [-0.2, 0) is 0 Å². The van der Waals surface area contributed by atoms with Crippen molar-refractivity contribution in [2.45, 2.75) is 115 Å². The average Bonchev–Trinajstić information content (AvgIpc) is 2.52. The second kappa shape index (κ2) is 23.7. The van der Waals surface area contributed by atoms with Crippen molar-refractivity contribution in [2.24, 2.45) is 0 Å². The maximum Gasteiger partial charge on any atom is 0.0143 e. The largest absolute Gasteiger partial charge is 0.323 e. The zero-order valence-corrected chi connectivity index (χ0v) is 17.6. The van der Waals surface area contributed by atoms with Crippen LogP contribution in [0.4, 0.5) is 0 Å². The number of hydrogen-bond acceptors (Lipinski definition) is 1. The van der Waals surface area contributed by atoms with Crippen molar-refractivity contribution < 1.29 is 0 Å². The second-order valence-electron chi connectivity index (χ2n) is 6.54. The highest BCUT2D eigenvalue weighted by Gasteiger charge is 1.99. The first-order chi connectivity index (χ1) is 10.7. The van der Waals surface area contributed by atoms with Crippen molar-refractivity contribution in [3.05, 3.63) is 0 Å². The smallest absolute Gasteiger partial charge is 0.0143 e. The molecule has 0 aliphatic carbocycles. The van der Waals surface area contributed by atoms with E-state index in [1.54, 1.807) is 0 Å². The van der Waals surface area contributed by atoms with Crippen molar-refractivity contribution in [3.8, 4) is 0 Å². The van der Waals surface area contributed by atoms with Crippen molar-refractivity contribution >= 4 is 15.9 Å². The van der Waals surface area contributed by atoms with Crippen molar-refractivity contribution in [1.82, 2.24) is 5.32 Å². The van der Waals surface area contributed by atoms with E-state index in [4.69, 9.17) is 0 Å². The van der Waals surface area contributed by atoms with Crippen LogP contribution in [-0.4, -0.2) is 18.9 Å². The van der Waals surface area contributed by atoms with E-state index in [0.29, 0.717) is 0 Å².